The van der Waals surface area contributed by atoms with E-state index in [0.29, 0.717) is 11.8 Å². The van der Waals surface area contributed by atoms with Gasteiger partial charge in [0.1, 0.15) is 0 Å². The van der Waals surface area contributed by atoms with E-state index in [4.69, 9.17) is 4.74 Å². The summed E-state index contributed by atoms with van der Waals surface area (Å²) < 4.78 is 5.06. The summed E-state index contributed by atoms with van der Waals surface area (Å²) in [6.45, 7) is 3.98. The summed E-state index contributed by atoms with van der Waals surface area (Å²) in [6.07, 6.45) is 2.50. The maximum Gasteiger partial charge on any atom is 0.311 e. The number of hydrogen-bond donors (Lipinski definition) is 1. The van der Waals surface area contributed by atoms with Gasteiger partial charge in [0.2, 0.25) is 0 Å². The molecule has 1 N–H and O–H groups in total. The Labute approximate surface area is 124 Å². The Bertz CT molecular complexity index is 535. The van der Waals surface area contributed by atoms with Crippen LogP contribution >= 0.6 is 0 Å². The van der Waals surface area contributed by atoms with Crippen molar-refractivity contribution in [3.8, 4) is 5.75 Å². The molecule has 0 radical (unpaired) electrons. The Kier molecular flexibility index (Phi) is 4.07. The molecule has 2 aliphatic heterocycles. The molecule has 6 heteroatoms. The first-order chi connectivity index (χ1) is 10.2. The first-order valence-electron chi connectivity index (χ1n) is 7.45. The second-order valence-corrected chi connectivity index (χ2v) is 5.86. The van der Waals surface area contributed by atoms with Crippen molar-refractivity contribution in [2.75, 3.05) is 26.7 Å². The van der Waals surface area contributed by atoms with Crippen molar-refractivity contribution in [1.29, 1.82) is 0 Å². The van der Waals surface area contributed by atoms with Gasteiger partial charge in [0.05, 0.1) is 12.0 Å². The van der Waals surface area contributed by atoms with E-state index >= 15 is 0 Å². The highest BCUT2D eigenvalue weighted by Gasteiger charge is 2.34. The maximum atomic E-state index is 11.1. The minimum absolute atomic E-state index is 0.0492. The van der Waals surface area contributed by atoms with Crippen LogP contribution in [0.5, 0.6) is 5.75 Å². The first kappa shape index (κ1) is 14.3. The normalized spacial score (nSPS) is 25.6. The average molecular weight is 291 g/mol. The number of hydrogen-bond acceptors (Lipinski definition) is 5. The van der Waals surface area contributed by atoms with E-state index in [1.165, 1.54) is 20.0 Å². The standard InChI is InChI=1S/C15H21N3O3/c1-21-15-5-4-11(7-13(15)18(19)20)10-17-6-2-3-12-8-16-9-14(12)17/h4-5,7,12,14,16H,2-3,6,8-10H2,1H3. The third-order valence-electron chi connectivity index (χ3n) is 4.62. The summed E-state index contributed by atoms with van der Waals surface area (Å²) in [5.74, 6) is 1.05. The summed E-state index contributed by atoms with van der Waals surface area (Å²) in [5, 5.41) is 14.6. The number of nitro benzene ring substituents is 1. The predicted molar refractivity (Wildman–Crippen MR) is 79.4 cm³/mol. The minimum atomic E-state index is -0.377. The number of piperidine rings is 1. The zero-order valence-electron chi connectivity index (χ0n) is 12.2. The molecule has 0 aliphatic carbocycles. The van der Waals surface area contributed by atoms with Crippen molar-refractivity contribution in [2.45, 2.75) is 25.4 Å². The second-order valence-electron chi connectivity index (χ2n) is 5.86. The lowest BCUT2D eigenvalue weighted by molar-refractivity contribution is -0.385. The number of nitrogens with zero attached hydrogens (tertiary/aromatic N) is 2. The van der Waals surface area contributed by atoms with Gasteiger partial charge in [-0.15, -0.1) is 0 Å². The third kappa shape index (κ3) is 2.87. The molecule has 2 unspecified atom stereocenters. The van der Waals surface area contributed by atoms with Crippen molar-refractivity contribution >= 4 is 5.69 Å². The zero-order valence-corrected chi connectivity index (χ0v) is 12.2. The van der Waals surface area contributed by atoms with E-state index in [0.717, 1.165) is 37.7 Å². The van der Waals surface area contributed by atoms with Crippen molar-refractivity contribution < 1.29 is 9.66 Å². The SMILES string of the molecule is COc1ccc(CN2CCCC3CNCC32)cc1[N+](=O)[O-]. The summed E-state index contributed by atoms with van der Waals surface area (Å²) >= 11 is 0. The molecule has 2 fully saturated rings. The second kappa shape index (κ2) is 5.99. The Hall–Kier alpha value is -1.66. The van der Waals surface area contributed by atoms with Gasteiger partial charge in [-0.1, -0.05) is 6.07 Å². The van der Waals surface area contributed by atoms with Crippen LogP contribution in [0, 0.1) is 16.0 Å². The maximum absolute atomic E-state index is 11.1. The number of ether oxygens (including phenoxy) is 1. The predicted octanol–water partition coefficient (Wildman–Crippen LogP) is 1.79. The third-order valence-corrected chi connectivity index (χ3v) is 4.62. The number of nitro groups is 1. The molecular weight excluding hydrogens is 270 g/mol. The van der Waals surface area contributed by atoms with Crippen LogP contribution in [0.2, 0.25) is 0 Å². The molecule has 114 valence electrons. The number of benzene rings is 1. The van der Waals surface area contributed by atoms with Crippen LogP contribution in [-0.4, -0.2) is 42.6 Å². The summed E-state index contributed by atoms with van der Waals surface area (Å²) in [6, 6.07) is 5.84. The van der Waals surface area contributed by atoms with Gasteiger partial charge < -0.3 is 10.1 Å². The number of rotatable bonds is 4. The highest BCUT2D eigenvalue weighted by Crippen LogP contribution is 2.31. The van der Waals surface area contributed by atoms with Gasteiger partial charge in [-0.3, -0.25) is 15.0 Å². The minimum Gasteiger partial charge on any atom is -0.490 e. The van der Waals surface area contributed by atoms with Crippen molar-refractivity contribution in [3.05, 3.63) is 33.9 Å². The zero-order chi connectivity index (χ0) is 14.8. The molecule has 2 atom stereocenters. The van der Waals surface area contributed by atoms with Crippen LogP contribution in [0.15, 0.2) is 18.2 Å². The molecule has 0 saturated carbocycles. The van der Waals surface area contributed by atoms with E-state index in [-0.39, 0.29) is 10.6 Å². The van der Waals surface area contributed by atoms with Crippen molar-refractivity contribution in [2.24, 2.45) is 5.92 Å². The number of methoxy groups -OCH3 is 1. The van der Waals surface area contributed by atoms with Gasteiger partial charge in [0.15, 0.2) is 5.75 Å². The number of nitrogens with one attached hydrogen (secondary N) is 1. The summed E-state index contributed by atoms with van der Waals surface area (Å²) in [7, 11) is 1.46. The van der Waals surface area contributed by atoms with E-state index < -0.39 is 0 Å². The monoisotopic (exact) mass is 291 g/mol. The van der Waals surface area contributed by atoms with Gasteiger partial charge >= 0.3 is 5.69 Å². The fraction of sp³-hybridized carbons (Fsp3) is 0.600. The Morgan fingerprint density at radius 2 is 2.33 bits per heavy atom. The van der Waals surface area contributed by atoms with Gasteiger partial charge in [0, 0.05) is 25.2 Å². The van der Waals surface area contributed by atoms with Gasteiger partial charge in [-0.2, -0.15) is 0 Å². The lowest BCUT2D eigenvalue weighted by Gasteiger charge is -2.37. The molecule has 0 amide bonds. The molecule has 3 rings (SSSR count). The highest BCUT2D eigenvalue weighted by molar-refractivity contribution is 5.48. The lowest BCUT2D eigenvalue weighted by atomic mass is 9.91. The molecule has 2 saturated heterocycles. The fourth-order valence-corrected chi connectivity index (χ4v) is 3.57. The van der Waals surface area contributed by atoms with E-state index in [1.807, 2.05) is 6.07 Å². The van der Waals surface area contributed by atoms with E-state index in [1.54, 1.807) is 12.1 Å². The van der Waals surface area contributed by atoms with Crippen molar-refractivity contribution in [3.63, 3.8) is 0 Å². The van der Waals surface area contributed by atoms with Crippen LogP contribution in [0.4, 0.5) is 5.69 Å². The molecule has 2 heterocycles. The molecule has 21 heavy (non-hydrogen) atoms. The Morgan fingerprint density at radius 3 is 3.10 bits per heavy atom. The molecule has 0 spiro atoms. The quantitative estimate of drug-likeness (QED) is 0.676. The lowest BCUT2D eigenvalue weighted by Crippen LogP contribution is -2.44. The molecule has 2 aliphatic rings. The molecular formula is C15H21N3O3. The van der Waals surface area contributed by atoms with Gasteiger partial charge in [-0.05, 0) is 43.5 Å². The van der Waals surface area contributed by atoms with Crippen LogP contribution < -0.4 is 10.1 Å². The molecule has 6 nitrogen and oxygen atoms in total. The van der Waals surface area contributed by atoms with E-state index in [9.17, 15) is 10.1 Å². The van der Waals surface area contributed by atoms with Crippen molar-refractivity contribution in [1.82, 2.24) is 10.2 Å². The smallest absolute Gasteiger partial charge is 0.311 e. The Morgan fingerprint density at radius 1 is 1.48 bits per heavy atom. The Balaban J connectivity index is 1.78. The van der Waals surface area contributed by atoms with E-state index in [2.05, 4.69) is 10.2 Å². The van der Waals surface area contributed by atoms with Crippen LogP contribution in [0.3, 0.4) is 0 Å². The van der Waals surface area contributed by atoms with Gasteiger partial charge in [-0.25, -0.2) is 0 Å². The largest absolute Gasteiger partial charge is 0.490 e. The van der Waals surface area contributed by atoms with Gasteiger partial charge in [0.25, 0.3) is 0 Å². The average Bonchev–Trinajstić information content (AvgIpc) is 2.96. The topological polar surface area (TPSA) is 67.6 Å². The molecule has 1 aromatic rings. The summed E-state index contributed by atoms with van der Waals surface area (Å²) in [4.78, 5) is 13.2. The summed E-state index contributed by atoms with van der Waals surface area (Å²) in [5.41, 5.74) is 1.03. The first-order valence-corrected chi connectivity index (χ1v) is 7.45. The highest BCUT2D eigenvalue weighted by atomic mass is 16.6. The van der Waals surface area contributed by atoms with Crippen LogP contribution in [0.1, 0.15) is 18.4 Å². The van der Waals surface area contributed by atoms with Crippen LogP contribution in [-0.2, 0) is 6.54 Å². The molecule has 1 aromatic carbocycles. The van der Waals surface area contributed by atoms with Crippen LogP contribution in [0.25, 0.3) is 0 Å². The number of fused-ring (bicyclic) bond motifs is 1. The molecule has 0 bridgehead atoms. The fourth-order valence-electron chi connectivity index (χ4n) is 3.57. The molecule has 0 aromatic heterocycles. The number of likely N-dealkylation sites (tertiary alicyclic amines) is 1.